The largest absolute Gasteiger partial charge is 0.493 e. The van der Waals surface area contributed by atoms with Crippen LogP contribution in [-0.2, 0) is 19.7 Å². The van der Waals surface area contributed by atoms with E-state index in [0.717, 1.165) is 16.0 Å². The van der Waals surface area contributed by atoms with Gasteiger partial charge in [-0.3, -0.25) is 19.3 Å². The molecule has 38 heavy (non-hydrogen) atoms. The lowest BCUT2D eigenvalue weighted by atomic mass is 10.2. The molecule has 196 valence electrons. The Bertz CT molecular complexity index is 1530. The van der Waals surface area contributed by atoms with Crippen LogP contribution in [0.2, 0.25) is 0 Å². The Hall–Kier alpha value is -4.09. The number of nitrogens with one attached hydrogen (secondary N) is 1. The maximum atomic E-state index is 12.8. The summed E-state index contributed by atoms with van der Waals surface area (Å²) in [5.74, 6) is -1.03. The number of ether oxygens (including phenoxy) is 1. The van der Waals surface area contributed by atoms with Crippen molar-refractivity contribution < 1.29 is 31.7 Å². The van der Waals surface area contributed by atoms with E-state index in [1.807, 2.05) is 26.0 Å². The van der Waals surface area contributed by atoms with Crippen molar-refractivity contribution in [1.29, 1.82) is 0 Å². The Morgan fingerprint density at radius 1 is 0.947 bits per heavy atom. The van der Waals surface area contributed by atoms with Gasteiger partial charge in [-0.15, -0.1) is 0 Å². The number of benzene rings is 3. The van der Waals surface area contributed by atoms with Gasteiger partial charge in [-0.2, -0.15) is 8.42 Å². The smallest absolute Gasteiger partial charge is 0.339 e. The Morgan fingerprint density at radius 3 is 2.21 bits per heavy atom. The summed E-state index contributed by atoms with van der Waals surface area (Å²) < 4.78 is 35.9. The fraction of sp³-hybridized carbons (Fsp3) is 0.148. The second-order valence-electron chi connectivity index (χ2n) is 8.44. The zero-order valence-corrected chi connectivity index (χ0v) is 22.4. The molecule has 1 aliphatic heterocycles. The molecule has 0 spiro atoms. The van der Waals surface area contributed by atoms with Crippen molar-refractivity contribution >= 4 is 50.7 Å². The van der Waals surface area contributed by atoms with Crippen LogP contribution >= 0.6 is 11.8 Å². The standard InChI is InChI=1S/C27H24N2O7S2/c1-17-4-9-20(10-5-17)28-25(30)16-29-26(31)24(37-27(29)32)15-19-8-13-22(23(14-19)35-3)36-38(33,34)21-11-6-18(2)7-12-21/h4-15H,16H2,1-3H3,(H,28,30)/b24-15-. The van der Waals surface area contributed by atoms with Crippen LogP contribution in [0.25, 0.3) is 6.08 Å². The predicted molar refractivity (Wildman–Crippen MR) is 144 cm³/mol. The lowest BCUT2D eigenvalue weighted by Crippen LogP contribution is -2.36. The van der Waals surface area contributed by atoms with Gasteiger partial charge in [-0.1, -0.05) is 41.5 Å². The third-order valence-corrected chi connectivity index (χ3v) is 7.66. The number of thioether (sulfide) groups is 1. The van der Waals surface area contributed by atoms with Gasteiger partial charge < -0.3 is 14.2 Å². The van der Waals surface area contributed by atoms with Crippen molar-refractivity contribution in [1.82, 2.24) is 4.90 Å². The fourth-order valence-corrected chi connectivity index (χ4v) is 5.26. The van der Waals surface area contributed by atoms with E-state index in [0.29, 0.717) is 23.0 Å². The number of carbonyl (C=O) groups is 3. The van der Waals surface area contributed by atoms with Crippen LogP contribution in [0.3, 0.4) is 0 Å². The Balaban J connectivity index is 1.48. The first kappa shape index (κ1) is 27.0. The number of methoxy groups -OCH3 is 1. The van der Waals surface area contributed by atoms with Gasteiger partial charge >= 0.3 is 10.1 Å². The Labute approximate surface area is 224 Å². The molecule has 3 aromatic carbocycles. The fourth-order valence-electron chi connectivity index (χ4n) is 3.48. The van der Waals surface area contributed by atoms with Gasteiger partial charge in [-0.05, 0) is 73.6 Å². The predicted octanol–water partition coefficient (Wildman–Crippen LogP) is 4.75. The molecule has 9 nitrogen and oxygen atoms in total. The molecule has 4 rings (SSSR count). The molecule has 1 saturated heterocycles. The first-order valence-corrected chi connectivity index (χ1v) is 13.6. The average molecular weight is 553 g/mol. The van der Waals surface area contributed by atoms with Crippen molar-refractivity contribution in [3.63, 3.8) is 0 Å². The summed E-state index contributed by atoms with van der Waals surface area (Å²) in [7, 11) is -2.75. The van der Waals surface area contributed by atoms with E-state index in [-0.39, 0.29) is 21.3 Å². The molecule has 1 heterocycles. The molecule has 11 heteroatoms. The van der Waals surface area contributed by atoms with Crippen molar-refractivity contribution in [3.05, 3.63) is 88.3 Å². The van der Waals surface area contributed by atoms with E-state index in [1.165, 1.54) is 43.5 Å². The highest BCUT2D eigenvalue weighted by atomic mass is 32.2. The summed E-state index contributed by atoms with van der Waals surface area (Å²) in [6, 6.07) is 17.8. The van der Waals surface area contributed by atoms with Crippen LogP contribution in [0.5, 0.6) is 11.5 Å². The molecule has 0 unspecified atom stereocenters. The van der Waals surface area contributed by atoms with Crippen LogP contribution in [0.15, 0.2) is 76.5 Å². The number of aryl methyl sites for hydroxylation is 2. The van der Waals surface area contributed by atoms with Gasteiger partial charge in [0.2, 0.25) is 5.91 Å². The van der Waals surface area contributed by atoms with Gasteiger partial charge in [-0.25, -0.2) is 0 Å². The van der Waals surface area contributed by atoms with E-state index in [1.54, 1.807) is 24.3 Å². The van der Waals surface area contributed by atoms with Crippen LogP contribution in [0.1, 0.15) is 16.7 Å². The highest BCUT2D eigenvalue weighted by Gasteiger charge is 2.36. The van der Waals surface area contributed by atoms with E-state index < -0.39 is 33.7 Å². The minimum absolute atomic E-state index is 0.00526. The molecule has 0 bridgehead atoms. The minimum Gasteiger partial charge on any atom is -0.493 e. The molecule has 0 saturated carbocycles. The summed E-state index contributed by atoms with van der Waals surface area (Å²) in [6.07, 6.45) is 1.46. The second-order valence-corrected chi connectivity index (χ2v) is 11.0. The summed E-state index contributed by atoms with van der Waals surface area (Å²) in [6.45, 7) is 3.33. The topological polar surface area (TPSA) is 119 Å². The van der Waals surface area contributed by atoms with Gasteiger partial charge in [0, 0.05) is 5.69 Å². The van der Waals surface area contributed by atoms with Crippen LogP contribution in [-0.4, -0.2) is 44.0 Å². The highest BCUT2D eigenvalue weighted by molar-refractivity contribution is 8.18. The normalized spacial score (nSPS) is 14.6. The quantitative estimate of drug-likeness (QED) is 0.314. The van der Waals surface area contributed by atoms with Crippen molar-refractivity contribution in [3.8, 4) is 11.5 Å². The first-order valence-electron chi connectivity index (χ1n) is 11.4. The van der Waals surface area contributed by atoms with Crippen LogP contribution < -0.4 is 14.2 Å². The number of rotatable bonds is 8. The third kappa shape index (κ3) is 6.24. The Kier molecular flexibility index (Phi) is 7.88. The lowest BCUT2D eigenvalue weighted by molar-refractivity contribution is -0.127. The number of hydrogen-bond acceptors (Lipinski definition) is 8. The Morgan fingerprint density at radius 2 is 1.58 bits per heavy atom. The minimum atomic E-state index is -4.10. The second kappa shape index (κ2) is 11.1. The van der Waals surface area contributed by atoms with Crippen LogP contribution in [0.4, 0.5) is 10.5 Å². The molecule has 1 N–H and O–H groups in total. The number of anilines is 1. The van der Waals surface area contributed by atoms with Crippen molar-refractivity contribution in [2.45, 2.75) is 18.7 Å². The highest BCUT2D eigenvalue weighted by Crippen LogP contribution is 2.35. The molecule has 0 radical (unpaired) electrons. The average Bonchev–Trinajstić information content (AvgIpc) is 3.13. The monoisotopic (exact) mass is 552 g/mol. The molecule has 0 aromatic heterocycles. The van der Waals surface area contributed by atoms with Gasteiger partial charge in [0.15, 0.2) is 11.5 Å². The molecule has 3 aromatic rings. The first-order chi connectivity index (χ1) is 18.1. The van der Waals surface area contributed by atoms with E-state index in [4.69, 9.17) is 8.92 Å². The molecule has 1 fully saturated rings. The van der Waals surface area contributed by atoms with Gasteiger partial charge in [0.1, 0.15) is 11.4 Å². The molecule has 1 aliphatic rings. The SMILES string of the molecule is COc1cc(/C=C2\SC(=O)N(CC(=O)Nc3ccc(C)cc3)C2=O)ccc1OS(=O)(=O)c1ccc(C)cc1. The maximum absolute atomic E-state index is 12.8. The molecular weight excluding hydrogens is 528 g/mol. The maximum Gasteiger partial charge on any atom is 0.339 e. The van der Waals surface area contributed by atoms with Crippen LogP contribution in [0, 0.1) is 13.8 Å². The summed E-state index contributed by atoms with van der Waals surface area (Å²) in [5.41, 5.74) is 2.96. The zero-order valence-electron chi connectivity index (χ0n) is 20.8. The van der Waals surface area contributed by atoms with Crippen molar-refractivity contribution in [2.24, 2.45) is 0 Å². The summed E-state index contributed by atoms with van der Waals surface area (Å²) >= 11 is 0.704. The summed E-state index contributed by atoms with van der Waals surface area (Å²) in [4.78, 5) is 38.7. The lowest BCUT2D eigenvalue weighted by Gasteiger charge is -2.13. The third-order valence-electron chi connectivity index (χ3n) is 5.51. The van der Waals surface area contributed by atoms with Crippen molar-refractivity contribution in [2.75, 3.05) is 19.0 Å². The number of carbonyl (C=O) groups excluding carboxylic acids is 3. The molecule has 0 aliphatic carbocycles. The van der Waals surface area contributed by atoms with E-state index in [9.17, 15) is 22.8 Å². The number of nitrogens with zero attached hydrogens (tertiary/aromatic N) is 1. The van der Waals surface area contributed by atoms with E-state index >= 15 is 0 Å². The molecule has 3 amide bonds. The molecule has 0 atom stereocenters. The zero-order chi connectivity index (χ0) is 27.4. The number of imide groups is 1. The number of amides is 3. The van der Waals surface area contributed by atoms with Gasteiger partial charge in [0.05, 0.1) is 12.0 Å². The van der Waals surface area contributed by atoms with Gasteiger partial charge in [0.25, 0.3) is 11.1 Å². The molecular formula is C27H24N2O7S2. The van der Waals surface area contributed by atoms with E-state index in [2.05, 4.69) is 5.32 Å². The number of hydrogen-bond donors (Lipinski definition) is 1. The summed E-state index contributed by atoms with van der Waals surface area (Å²) in [5, 5.41) is 2.09.